The van der Waals surface area contributed by atoms with E-state index < -0.39 is 0 Å². The molecule has 4 aromatic heterocycles. The van der Waals surface area contributed by atoms with Gasteiger partial charge in [-0.05, 0) is 43.2 Å². The number of nitrogens with zero attached hydrogens (tertiary/aromatic N) is 8. The summed E-state index contributed by atoms with van der Waals surface area (Å²) < 4.78 is 2.06. The van der Waals surface area contributed by atoms with Crippen LogP contribution in [0.25, 0.3) is 5.52 Å². The van der Waals surface area contributed by atoms with Gasteiger partial charge in [0, 0.05) is 57.5 Å². The van der Waals surface area contributed by atoms with Gasteiger partial charge < -0.3 is 19.1 Å². The van der Waals surface area contributed by atoms with Gasteiger partial charge in [0.2, 0.25) is 5.95 Å². The first-order chi connectivity index (χ1) is 16.8. The molecule has 0 spiro atoms. The Balaban J connectivity index is 1.28. The molecule has 2 fully saturated rings. The number of carbonyl (C=O) groups excluding carboxylic acids is 1. The zero-order valence-electron chi connectivity index (χ0n) is 18.9. The Morgan fingerprint density at radius 2 is 1.65 bits per heavy atom. The lowest BCUT2D eigenvalue weighted by atomic mass is 10.2. The first-order valence-corrected chi connectivity index (χ1v) is 11.8. The van der Waals surface area contributed by atoms with Gasteiger partial charge in [-0.3, -0.25) is 4.79 Å². The summed E-state index contributed by atoms with van der Waals surface area (Å²) >= 11 is 0. The maximum Gasteiger partial charge on any atom is 0.274 e. The standard InChI is InChI=1S/C25H26N8O/c34-24(31-17-15-30(16-18-31)21-9-1-3-10-26-21)22-19-7-2-4-13-32(19)23(29-22)20-8-5-14-33(20)25-27-11-6-12-28-25/h1-4,6-7,9-13,20H,5,8,14-18H2/t20-/m0/s1. The van der Waals surface area contributed by atoms with Gasteiger partial charge in [0.15, 0.2) is 5.69 Å². The zero-order chi connectivity index (χ0) is 22.9. The Bertz CT molecular complexity index is 1280. The first kappa shape index (κ1) is 20.6. The lowest BCUT2D eigenvalue weighted by molar-refractivity contribution is 0.0743. The van der Waals surface area contributed by atoms with Crippen LogP contribution in [0.5, 0.6) is 0 Å². The molecule has 2 aliphatic heterocycles. The molecule has 0 saturated carbocycles. The Labute approximate surface area is 197 Å². The summed E-state index contributed by atoms with van der Waals surface area (Å²) in [5, 5.41) is 0. The molecule has 9 nitrogen and oxygen atoms in total. The Morgan fingerprint density at radius 1 is 0.853 bits per heavy atom. The Kier molecular flexibility index (Phi) is 5.29. The summed E-state index contributed by atoms with van der Waals surface area (Å²) in [7, 11) is 0. The molecule has 34 heavy (non-hydrogen) atoms. The summed E-state index contributed by atoms with van der Waals surface area (Å²) in [6.07, 6.45) is 9.31. The van der Waals surface area contributed by atoms with Crippen molar-refractivity contribution in [2.75, 3.05) is 42.5 Å². The van der Waals surface area contributed by atoms with Gasteiger partial charge in [0.25, 0.3) is 5.91 Å². The fourth-order valence-corrected chi connectivity index (χ4v) is 5.00. The minimum atomic E-state index is -0.0175. The molecule has 0 unspecified atom stereocenters. The summed E-state index contributed by atoms with van der Waals surface area (Å²) in [5.41, 5.74) is 1.36. The largest absolute Gasteiger partial charge is 0.353 e. The van der Waals surface area contributed by atoms with Gasteiger partial charge in [-0.25, -0.2) is 19.9 Å². The van der Waals surface area contributed by atoms with Crippen molar-refractivity contribution < 1.29 is 4.79 Å². The van der Waals surface area contributed by atoms with Crippen LogP contribution in [0.1, 0.15) is 35.2 Å². The van der Waals surface area contributed by atoms with Crippen molar-refractivity contribution in [3.05, 3.63) is 78.8 Å². The average Bonchev–Trinajstić information content (AvgIpc) is 3.54. The van der Waals surface area contributed by atoms with Crippen molar-refractivity contribution in [2.24, 2.45) is 0 Å². The SMILES string of the molecule is O=C(c1nc([C@@H]2CCCN2c2ncccn2)n2ccccc12)N1CCN(c2ccccn2)CC1. The van der Waals surface area contributed by atoms with Gasteiger partial charge in [-0.2, -0.15) is 0 Å². The van der Waals surface area contributed by atoms with Crippen LogP contribution in [0.4, 0.5) is 11.8 Å². The van der Waals surface area contributed by atoms with Crippen LogP contribution in [0.15, 0.2) is 67.3 Å². The van der Waals surface area contributed by atoms with Crippen molar-refractivity contribution in [1.82, 2.24) is 29.2 Å². The van der Waals surface area contributed by atoms with Crippen molar-refractivity contribution in [1.29, 1.82) is 0 Å². The molecule has 6 rings (SSSR count). The minimum absolute atomic E-state index is 0.0175. The maximum atomic E-state index is 13.6. The number of rotatable bonds is 4. The number of imidazole rings is 1. The third kappa shape index (κ3) is 3.63. The Morgan fingerprint density at radius 3 is 2.44 bits per heavy atom. The third-order valence-corrected chi connectivity index (χ3v) is 6.68. The number of anilines is 2. The molecular formula is C25H26N8O. The summed E-state index contributed by atoms with van der Waals surface area (Å²) in [5.74, 6) is 2.51. The van der Waals surface area contributed by atoms with Crippen LogP contribution in [-0.4, -0.2) is 67.9 Å². The van der Waals surface area contributed by atoms with E-state index in [1.54, 1.807) is 18.6 Å². The van der Waals surface area contributed by atoms with E-state index >= 15 is 0 Å². The number of hydrogen-bond acceptors (Lipinski definition) is 7. The lowest BCUT2D eigenvalue weighted by Crippen LogP contribution is -2.49. The molecule has 0 aromatic carbocycles. The predicted molar refractivity (Wildman–Crippen MR) is 129 cm³/mol. The highest BCUT2D eigenvalue weighted by atomic mass is 16.2. The van der Waals surface area contributed by atoms with Crippen LogP contribution < -0.4 is 9.80 Å². The first-order valence-electron chi connectivity index (χ1n) is 11.8. The molecular weight excluding hydrogens is 428 g/mol. The van der Waals surface area contributed by atoms with Crippen LogP contribution in [-0.2, 0) is 0 Å². The fourth-order valence-electron chi connectivity index (χ4n) is 5.00. The van der Waals surface area contributed by atoms with E-state index in [1.165, 1.54) is 0 Å². The van der Waals surface area contributed by atoms with Crippen LogP contribution in [0, 0.1) is 0 Å². The number of piperazine rings is 1. The second-order valence-electron chi connectivity index (χ2n) is 8.64. The molecule has 1 amide bonds. The van der Waals surface area contributed by atoms with Crippen molar-refractivity contribution in [3.63, 3.8) is 0 Å². The second-order valence-corrected chi connectivity index (χ2v) is 8.64. The summed E-state index contributed by atoms with van der Waals surface area (Å²) in [4.78, 5) is 38.2. The second kappa shape index (κ2) is 8.74. The van der Waals surface area contributed by atoms with Crippen molar-refractivity contribution in [2.45, 2.75) is 18.9 Å². The predicted octanol–water partition coefficient (Wildman–Crippen LogP) is 2.82. The number of hydrogen-bond donors (Lipinski definition) is 0. The number of amides is 1. The topological polar surface area (TPSA) is 82.8 Å². The molecule has 172 valence electrons. The maximum absolute atomic E-state index is 13.6. The van der Waals surface area contributed by atoms with Gasteiger partial charge in [-0.1, -0.05) is 12.1 Å². The van der Waals surface area contributed by atoms with E-state index in [9.17, 15) is 4.79 Å². The number of aromatic nitrogens is 5. The summed E-state index contributed by atoms with van der Waals surface area (Å²) in [6, 6.07) is 13.7. The minimum Gasteiger partial charge on any atom is -0.353 e. The van der Waals surface area contributed by atoms with E-state index in [0.717, 1.165) is 49.6 Å². The molecule has 0 aliphatic carbocycles. The van der Waals surface area contributed by atoms with Gasteiger partial charge in [-0.15, -0.1) is 0 Å². The molecule has 2 aliphatic rings. The molecule has 2 saturated heterocycles. The van der Waals surface area contributed by atoms with E-state index in [0.29, 0.717) is 24.7 Å². The van der Waals surface area contributed by atoms with E-state index in [4.69, 9.17) is 4.98 Å². The van der Waals surface area contributed by atoms with Crippen molar-refractivity contribution >= 4 is 23.2 Å². The van der Waals surface area contributed by atoms with E-state index in [-0.39, 0.29) is 11.9 Å². The van der Waals surface area contributed by atoms with Gasteiger partial charge in [0.05, 0.1) is 11.6 Å². The van der Waals surface area contributed by atoms with Gasteiger partial charge >= 0.3 is 0 Å². The van der Waals surface area contributed by atoms with Crippen LogP contribution >= 0.6 is 0 Å². The van der Waals surface area contributed by atoms with Crippen LogP contribution in [0.3, 0.4) is 0 Å². The molecule has 4 aromatic rings. The van der Waals surface area contributed by atoms with Gasteiger partial charge in [0.1, 0.15) is 11.6 Å². The zero-order valence-corrected chi connectivity index (χ0v) is 18.9. The average molecular weight is 455 g/mol. The Hall–Kier alpha value is -4.01. The smallest absolute Gasteiger partial charge is 0.274 e. The summed E-state index contributed by atoms with van der Waals surface area (Å²) in [6.45, 7) is 3.66. The molecule has 1 atom stereocenters. The van der Waals surface area contributed by atoms with E-state index in [1.807, 2.05) is 53.6 Å². The van der Waals surface area contributed by atoms with Crippen LogP contribution in [0.2, 0.25) is 0 Å². The monoisotopic (exact) mass is 454 g/mol. The highest BCUT2D eigenvalue weighted by molar-refractivity contribution is 5.99. The highest BCUT2D eigenvalue weighted by Crippen LogP contribution is 2.35. The molecule has 0 N–H and O–H groups in total. The van der Waals surface area contributed by atoms with Crippen molar-refractivity contribution in [3.8, 4) is 0 Å². The fraction of sp³-hybridized carbons (Fsp3) is 0.320. The van der Waals surface area contributed by atoms with E-state index in [2.05, 4.69) is 29.2 Å². The number of carbonyl (C=O) groups is 1. The molecule has 6 heterocycles. The third-order valence-electron chi connectivity index (χ3n) is 6.68. The molecule has 0 bridgehead atoms. The number of pyridine rings is 2. The highest BCUT2D eigenvalue weighted by Gasteiger charge is 2.34. The quantitative estimate of drug-likeness (QED) is 0.469. The lowest BCUT2D eigenvalue weighted by Gasteiger charge is -2.35. The normalized spacial score (nSPS) is 18.6. The molecule has 0 radical (unpaired) electrons. The molecule has 9 heteroatoms. The number of fused-ring (bicyclic) bond motifs is 1.